The highest BCUT2D eigenvalue weighted by molar-refractivity contribution is 6.21. The van der Waals surface area contributed by atoms with E-state index >= 15 is 0 Å². The maximum atomic E-state index is 13.5. The fraction of sp³-hybridized carbons (Fsp3) is 0.286. The van der Waals surface area contributed by atoms with Crippen LogP contribution < -0.4 is 10.6 Å². The van der Waals surface area contributed by atoms with Crippen molar-refractivity contribution in [2.24, 2.45) is 0 Å². The van der Waals surface area contributed by atoms with Crippen molar-refractivity contribution in [3.8, 4) is 0 Å². The van der Waals surface area contributed by atoms with Crippen molar-refractivity contribution in [3.63, 3.8) is 0 Å². The Kier molecular flexibility index (Phi) is 5.55. The SMILES string of the molecule is Cl.O=C1NC(=O)c2cc(C(Cc3[nH]nc4cc(F)ccc34)N3CCNCC3)ccc21. The second-order valence-corrected chi connectivity index (χ2v) is 7.46. The minimum absolute atomic E-state index is 0. The molecule has 156 valence electrons. The van der Waals surface area contributed by atoms with Crippen LogP contribution in [0.3, 0.4) is 0 Å². The molecule has 0 radical (unpaired) electrons. The lowest BCUT2D eigenvalue weighted by Gasteiger charge is -2.35. The summed E-state index contributed by atoms with van der Waals surface area (Å²) in [7, 11) is 0. The van der Waals surface area contributed by atoms with Gasteiger partial charge in [0.25, 0.3) is 11.8 Å². The Morgan fingerprint density at radius 2 is 1.80 bits per heavy atom. The summed E-state index contributed by atoms with van der Waals surface area (Å²) >= 11 is 0. The van der Waals surface area contributed by atoms with Gasteiger partial charge in [0.1, 0.15) is 5.82 Å². The highest BCUT2D eigenvalue weighted by atomic mass is 35.5. The largest absolute Gasteiger partial charge is 0.314 e. The number of hydrogen-bond donors (Lipinski definition) is 3. The van der Waals surface area contributed by atoms with E-state index in [0.717, 1.165) is 42.8 Å². The number of carbonyl (C=O) groups is 2. The zero-order valence-electron chi connectivity index (χ0n) is 16.1. The van der Waals surface area contributed by atoms with Crippen LogP contribution in [0.25, 0.3) is 10.9 Å². The zero-order chi connectivity index (χ0) is 20.0. The molecule has 1 unspecified atom stereocenters. The van der Waals surface area contributed by atoms with Gasteiger partial charge in [-0.2, -0.15) is 5.10 Å². The molecule has 9 heteroatoms. The van der Waals surface area contributed by atoms with Crippen LogP contribution in [-0.2, 0) is 6.42 Å². The summed E-state index contributed by atoms with van der Waals surface area (Å²) in [4.78, 5) is 26.4. The van der Waals surface area contributed by atoms with Crippen molar-refractivity contribution in [2.75, 3.05) is 26.2 Å². The molecule has 0 bridgehead atoms. The molecular formula is C21H21ClFN5O2. The van der Waals surface area contributed by atoms with E-state index in [-0.39, 0.29) is 36.1 Å². The molecule has 30 heavy (non-hydrogen) atoms. The molecule has 2 aliphatic rings. The average Bonchev–Trinajstić information content (AvgIpc) is 3.26. The summed E-state index contributed by atoms with van der Waals surface area (Å²) in [6, 6.07) is 10.1. The third-order valence-corrected chi connectivity index (χ3v) is 5.73. The van der Waals surface area contributed by atoms with Crippen LogP contribution in [0, 0.1) is 5.82 Å². The van der Waals surface area contributed by atoms with Gasteiger partial charge in [0, 0.05) is 55.8 Å². The van der Waals surface area contributed by atoms with Gasteiger partial charge in [0.05, 0.1) is 16.6 Å². The second-order valence-electron chi connectivity index (χ2n) is 7.46. The summed E-state index contributed by atoms with van der Waals surface area (Å²) in [6.07, 6.45) is 0.635. The van der Waals surface area contributed by atoms with E-state index in [2.05, 4.69) is 25.7 Å². The molecule has 3 aromatic rings. The highest BCUT2D eigenvalue weighted by Crippen LogP contribution is 2.30. The fourth-order valence-corrected chi connectivity index (χ4v) is 4.23. The number of piperazine rings is 1. The van der Waals surface area contributed by atoms with Crippen LogP contribution in [0.2, 0.25) is 0 Å². The van der Waals surface area contributed by atoms with Gasteiger partial charge in [-0.3, -0.25) is 24.9 Å². The molecule has 0 saturated carbocycles. The lowest BCUT2D eigenvalue weighted by atomic mass is 9.95. The summed E-state index contributed by atoms with van der Waals surface area (Å²) in [5.41, 5.74) is 3.33. The maximum absolute atomic E-state index is 13.5. The molecule has 3 N–H and O–H groups in total. The molecule has 1 saturated heterocycles. The van der Waals surface area contributed by atoms with Crippen LogP contribution in [0.4, 0.5) is 4.39 Å². The van der Waals surface area contributed by atoms with Gasteiger partial charge in [-0.25, -0.2) is 4.39 Å². The highest BCUT2D eigenvalue weighted by Gasteiger charge is 2.30. The monoisotopic (exact) mass is 429 g/mol. The molecule has 1 fully saturated rings. The smallest absolute Gasteiger partial charge is 0.258 e. The first-order valence-electron chi connectivity index (χ1n) is 9.67. The average molecular weight is 430 g/mol. The number of amides is 2. The van der Waals surface area contributed by atoms with Crippen molar-refractivity contribution in [1.29, 1.82) is 0 Å². The van der Waals surface area contributed by atoms with E-state index < -0.39 is 0 Å². The number of fused-ring (bicyclic) bond motifs is 2. The Labute approximate surface area is 178 Å². The normalized spacial score (nSPS) is 17.5. The molecule has 7 nitrogen and oxygen atoms in total. The van der Waals surface area contributed by atoms with E-state index in [9.17, 15) is 14.0 Å². The lowest BCUT2D eigenvalue weighted by Crippen LogP contribution is -2.45. The maximum Gasteiger partial charge on any atom is 0.258 e. The number of benzene rings is 2. The Morgan fingerprint density at radius 1 is 1.03 bits per heavy atom. The first-order chi connectivity index (χ1) is 14.1. The van der Waals surface area contributed by atoms with Crippen molar-refractivity contribution in [2.45, 2.75) is 12.5 Å². The number of aromatic amines is 1. The lowest BCUT2D eigenvalue weighted by molar-refractivity contribution is 0.0879. The van der Waals surface area contributed by atoms with Crippen molar-refractivity contribution >= 4 is 35.1 Å². The molecular weight excluding hydrogens is 409 g/mol. The van der Waals surface area contributed by atoms with Gasteiger partial charge in [-0.15, -0.1) is 12.4 Å². The van der Waals surface area contributed by atoms with Gasteiger partial charge in [-0.1, -0.05) is 6.07 Å². The van der Waals surface area contributed by atoms with Gasteiger partial charge >= 0.3 is 0 Å². The number of rotatable bonds is 4. The van der Waals surface area contributed by atoms with Crippen molar-refractivity contribution in [1.82, 2.24) is 25.7 Å². The standard InChI is InChI=1S/C21H20FN5O2.ClH/c22-13-2-4-15-17(10-13)25-26-18(15)11-19(27-7-5-23-6-8-27)12-1-3-14-16(9-12)21(29)24-20(14)28;/h1-4,9-10,19,23H,5-8,11H2,(H,25,26)(H,24,28,29);1H. The molecule has 2 aromatic carbocycles. The number of carbonyl (C=O) groups excluding carboxylic acids is 2. The fourth-order valence-electron chi connectivity index (χ4n) is 4.23. The molecule has 2 aliphatic heterocycles. The first kappa shape index (κ1) is 20.5. The predicted molar refractivity (Wildman–Crippen MR) is 112 cm³/mol. The Morgan fingerprint density at radius 3 is 2.60 bits per heavy atom. The van der Waals surface area contributed by atoms with Crippen LogP contribution in [-0.4, -0.2) is 53.1 Å². The van der Waals surface area contributed by atoms with E-state index in [1.54, 1.807) is 12.1 Å². The van der Waals surface area contributed by atoms with Gasteiger partial charge in [0.2, 0.25) is 0 Å². The number of imide groups is 1. The number of nitrogens with zero attached hydrogens (tertiary/aromatic N) is 2. The predicted octanol–water partition coefficient (Wildman–Crippen LogP) is 2.20. The minimum atomic E-state index is -0.353. The molecule has 5 rings (SSSR count). The number of aromatic nitrogens is 2. The number of halogens is 2. The van der Waals surface area contributed by atoms with E-state index in [4.69, 9.17) is 0 Å². The second kappa shape index (κ2) is 8.14. The Bertz CT molecular complexity index is 1130. The molecule has 0 spiro atoms. The van der Waals surface area contributed by atoms with E-state index in [1.165, 1.54) is 12.1 Å². The third-order valence-electron chi connectivity index (χ3n) is 5.73. The number of hydrogen-bond acceptors (Lipinski definition) is 5. The molecule has 1 atom stereocenters. The molecule has 3 heterocycles. The summed E-state index contributed by atoms with van der Waals surface area (Å²) < 4.78 is 13.5. The van der Waals surface area contributed by atoms with Gasteiger partial charge in [0.15, 0.2) is 0 Å². The van der Waals surface area contributed by atoms with Crippen molar-refractivity contribution in [3.05, 3.63) is 64.6 Å². The van der Waals surface area contributed by atoms with Gasteiger partial charge < -0.3 is 5.32 Å². The zero-order valence-corrected chi connectivity index (χ0v) is 16.9. The van der Waals surface area contributed by atoms with Gasteiger partial charge in [-0.05, 0) is 29.8 Å². The quantitative estimate of drug-likeness (QED) is 0.553. The summed E-state index contributed by atoms with van der Waals surface area (Å²) in [5, 5.41) is 13.9. The number of H-pyrrole nitrogens is 1. The van der Waals surface area contributed by atoms with E-state index in [0.29, 0.717) is 23.1 Å². The Hall–Kier alpha value is -2.81. The molecule has 2 amide bonds. The van der Waals surface area contributed by atoms with Crippen molar-refractivity contribution < 1.29 is 14.0 Å². The third kappa shape index (κ3) is 3.58. The summed E-state index contributed by atoms with van der Waals surface area (Å²) in [6.45, 7) is 3.51. The topological polar surface area (TPSA) is 90.1 Å². The van der Waals surface area contributed by atoms with Crippen LogP contribution >= 0.6 is 12.4 Å². The van der Waals surface area contributed by atoms with E-state index in [1.807, 2.05) is 12.1 Å². The molecule has 0 aliphatic carbocycles. The number of nitrogens with one attached hydrogen (secondary N) is 3. The Balaban J connectivity index is 0.00000218. The van der Waals surface area contributed by atoms with Crippen LogP contribution in [0.5, 0.6) is 0 Å². The first-order valence-corrected chi connectivity index (χ1v) is 9.67. The van der Waals surface area contributed by atoms with Crippen LogP contribution in [0.15, 0.2) is 36.4 Å². The minimum Gasteiger partial charge on any atom is -0.314 e. The molecule has 1 aromatic heterocycles. The summed E-state index contributed by atoms with van der Waals surface area (Å²) in [5.74, 6) is -1.02. The van der Waals surface area contributed by atoms with Crippen LogP contribution in [0.1, 0.15) is 38.0 Å².